The van der Waals surface area contributed by atoms with Crippen LogP contribution in [0.5, 0.6) is 0 Å². The van der Waals surface area contributed by atoms with E-state index in [0.29, 0.717) is 0 Å². The predicted molar refractivity (Wildman–Crippen MR) is 71.5 cm³/mol. The fourth-order valence-corrected chi connectivity index (χ4v) is 1.83. The first-order valence-electron chi connectivity index (χ1n) is 5.90. The van der Waals surface area contributed by atoms with E-state index in [1.54, 1.807) is 13.0 Å². The zero-order valence-corrected chi connectivity index (χ0v) is 10.7. The van der Waals surface area contributed by atoms with Crippen molar-refractivity contribution in [3.63, 3.8) is 0 Å². The number of benzene rings is 2. The molecule has 0 aliphatic carbocycles. The number of nitro benzene ring substituents is 1. The van der Waals surface area contributed by atoms with Crippen LogP contribution in [0.2, 0.25) is 0 Å². The van der Waals surface area contributed by atoms with Crippen LogP contribution in [0.15, 0.2) is 36.4 Å². The highest BCUT2D eigenvalue weighted by Crippen LogP contribution is 2.22. The van der Waals surface area contributed by atoms with Crippen LogP contribution in [0.25, 0.3) is 0 Å². The molecule has 2 rings (SSSR count). The maximum absolute atomic E-state index is 13.6. The Kier molecular flexibility index (Phi) is 3.93. The monoisotopic (exact) mass is 278 g/mol. The molecule has 0 amide bonds. The lowest BCUT2D eigenvalue weighted by Gasteiger charge is -2.09. The molecule has 0 aromatic heterocycles. The van der Waals surface area contributed by atoms with Gasteiger partial charge >= 0.3 is 0 Å². The van der Waals surface area contributed by atoms with Gasteiger partial charge in [0.15, 0.2) is 0 Å². The van der Waals surface area contributed by atoms with Crippen molar-refractivity contribution in [3.8, 4) is 0 Å². The lowest BCUT2D eigenvalue weighted by atomic mass is 10.1. The van der Waals surface area contributed by atoms with Gasteiger partial charge in [-0.3, -0.25) is 10.1 Å². The Morgan fingerprint density at radius 3 is 2.60 bits per heavy atom. The van der Waals surface area contributed by atoms with Gasteiger partial charge in [-0.15, -0.1) is 0 Å². The average molecular weight is 278 g/mol. The molecule has 0 bridgehead atoms. The number of rotatable bonds is 4. The fourth-order valence-electron chi connectivity index (χ4n) is 1.83. The molecular weight excluding hydrogens is 266 g/mol. The Balaban J connectivity index is 2.22. The molecule has 0 saturated heterocycles. The molecule has 20 heavy (non-hydrogen) atoms. The number of hydrogen-bond donors (Lipinski definition) is 1. The van der Waals surface area contributed by atoms with Crippen LogP contribution in [0.4, 0.5) is 20.2 Å². The Morgan fingerprint density at radius 2 is 1.95 bits per heavy atom. The van der Waals surface area contributed by atoms with E-state index >= 15 is 0 Å². The first kappa shape index (κ1) is 13.9. The Hall–Kier alpha value is -2.50. The molecular formula is C14H12F2N2O2. The van der Waals surface area contributed by atoms with Crippen molar-refractivity contribution in [2.24, 2.45) is 0 Å². The largest absolute Gasteiger partial charge is 0.378 e. The molecule has 0 unspecified atom stereocenters. The van der Waals surface area contributed by atoms with Crippen LogP contribution in [0.1, 0.15) is 11.1 Å². The third-order valence-corrected chi connectivity index (χ3v) is 2.83. The van der Waals surface area contributed by atoms with E-state index in [-0.39, 0.29) is 23.5 Å². The summed E-state index contributed by atoms with van der Waals surface area (Å²) in [5.41, 5.74) is 0.945. The van der Waals surface area contributed by atoms with Crippen molar-refractivity contribution in [2.75, 3.05) is 5.32 Å². The lowest BCUT2D eigenvalue weighted by molar-refractivity contribution is -0.385. The second kappa shape index (κ2) is 5.64. The van der Waals surface area contributed by atoms with Gasteiger partial charge in [0.05, 0.1) is 16.2 Å². The van der Waals surface area contributed by atoms with Gasteiger partial charge in [-0.1, -0.05) is 6.07 Å². The number of anilines is 1. The molecule has 6 heteroatoms. The zero-order valence-electron chi connectivity index (χ0n) is 10.7. The zero-order chi connectivity index (χ0) is 14.7. The van der Waals surface area contributed by atoms with E-state index in [1.165, 1.54) is 12.1 Å². The molecule has 104 valence electrons. The molecule has 1 N–H and O–H groups in total. The number of nitrogens with one attached hydrogen (secondary N) is 1. The highest BCUT2D eigenvalue weighted by Gasteiger charge is 2.14. The lowest BCUT2D eigenvalue weighted by Crippen LogP contribution is -2.05. The summed E-state index contributed by atoms with van der Waals surface area (Å²) >= 11 is 0. The molecule has 0 radical (unpaired) electrons. The summed E-state index contributed by atoms with van der Waals surface area (Å²) in [7, 11) is 0. The Morgan fingerprint density at radius 1 is 1.20 bits per heavy atom. The van der Waals surface area contributed by atoms with Gasteiger partial charge in [-0.05, 0) is 36.8 Å². The fraction of sp³-hybridized carbons (Fsp3) is 0.143. The predicted octanol–water partition coefficient (Wildman–Crippen LogP) is 3.79. The second-order valence-electron chi connectivity index (χ2n) is 4.37. The van der Waals surface area contributed by atoms with E-state index in [0.717, 1.165) is 23.8 Å². The molecule has 0 aliphatic rings. The maximum atomic E-state index is 13.6. The quantitative estimate of drug-likeness (QED) is 0.683. The van der Waals surface area contributed by atoms with Crippen LogP contribution < -0.4 is 5.32 Å². The normalized spacial score (nSPS) is 10.3. The number of hydrogen-bond acceptors (Lipinski definition) is 3. The van der Waals surface area contributed by atoms with Crippen molar-refractivity contribution in [1.82, 2.24) is 0 Å². The molecule has 0 aliphatic heterocycles. The number of nitro groups is 1. The van der Waals surface area contributed by atoms with E-state index in [9.17, 15) is 18.9 Å². The van der Waals surface area contributed by atoms with Gasteiger partial charge in [0.1, 0.15) is 11.6 Å². The smallest absolute Gasteiger partial charge is 0.274 e. The first-order chi connectivity index (χ1) is 9.47. The molecule has 0 fully saturated rings. The summed E-state index contributed by atoms with van der Waals surface area (Å²) in [4.78, 5) is 10.2. The van der Waals surface area contributed by atoms with Crippen molar-refractivity contribution >= 4 is 11.4 Å². The van der Waals surface area contributed by atoms with E-state index in [4.69, 9.17) is 0 Å². The molecule has 2 aromatic rings. The summed E-state index contributed by atoms with van der Waals surface area (Å²) in [5, 5.41) is 13.6. The minimum Gasteiger partial charge on any atom is -0.378 e. The maximum Gasteiger partial charge on any atom is 0.274 e. The number of aryl methyl sites for hydroxylation is 1. The average Bonchev–Trinajstić information content (AvgIpc) is 2.37. The van der Waals surface area contributed by atoms with Crippen molar-refractivity contribution in [2.45, 2.75) is 13.5 Å². The van der Waals surface area contributed by atoms with Crippen molar-refractivity contribution in [1.29, 1.82) is 0 Å². The molecule has 2 aromatic carbocycles. The Labute approximate surface area is 114 Å². The summed E-state index contributed by atoms with van der Waals surface area (Å²) in [6.45, 7) is 1.72. The highest BCUT2D eigenvalue weighted by molar-refractivity contribution is 5.49. The Bertz CT molecular complexity index is 660. The molecule has 0 atom stereocenters. The number of halogens is 2. The van der Waals surface area contributed by atoms with E-state index < -0.39 is 16.6 Å². The molecule has 0 spiro atoms. The van der Waals surface area contributed by atoms with Crippen LogP contribution in [-0.2, 0) is 6.54 Å². The van der Waals surface area contributed by atoms with Crippen molar-refractivity contribution in [3.05, 3.63) is 69.3 Å². The summed E-state index contributed by atoms with van der Waals surface area (Å²) in [6, 6.07) is 7.78. The summed E-state index contributed by atoms with van der Waals surface area (Å²) in [5.74, 6) is -1.03. The standard InChI is InChI=1S/C14H12F2N2O2/c1-9-2-4-13(12(16)6-9)17-8-10-7-11(15)3-5-14(10)18(19)20/h2-7,17H,8H2,1H3. The van der Waals surface area contributed by atoms with Crippen LogP contribution in [0.3, 0.4) is 0 Å². The van der Waals surface area contributed by atoms with Crippen LogP contribution >= 0.6 is 0 Å². The molecule has 4 nitrogen and oxygen atoms in total. The third kappa shape index (κ3) is 3.09. The minimum absolute atomic E-state index is 0.0337. The third-order valence-electron chi connectivity index (χ3n) is 2.83. The van der Waals surface area contributed by atoms with Gasteiger partial charge < -0.3 is 5.32 Å². The van der Waals surface area contributed by atoms with E-state index in [2.05, 4.69) is 5.32 Å². The van der Waals surface area contributed by atoms with Crippen molar-refractivity contribution < 1.29 is 13.7 Å². The van der Waals surface area contributed by atoms with Gasteiger partial charge in [0.2, 0.25) is 0 Å². The number of nitrogens with zero attached hydrogens (tertiary/aromatic N) is 1. The van der Waals surface area contributed by atoms with Crippen LogP contribution in [0, 0.1) is 28.7 Å². The van der Waals surface area contributed by atoms with Gasteiger partial charge in [-0.25, -0.2) is 8.78 Å². The van der Waals surface area contributed by atoms with Crippen LogP contribution in [-0.4, -0.2) is 4.92 Å². The second-order valence-corrected chi connectivity index (χ2v) is 4.37. The molecule has 0 heterocycles. The SMILES string of the molecule is Cc1ccc(NCc2cc(F)ccc2[N+](=O)[O-])c(F)c1. The summed E-state index contributed by atoms with van der Waals surface area (Å²) < 4.78 is 26.8. The molecule has 0 saturated carbocycles. The highest BCUT2D eigenvalue weighted by atomic mass is 19.1. The first-order valence-corrected chi connectivity index (χ1v) is 5.90. The van der Waals surface area contributed by atoms with Gasteiger partial charge in [0.25, 0.3) is 5.69 Å². The van der Waals surface area contributed by atoms with Gasteiger partial charge in [-0.2, -0.15) is 0 Å². The topological polar surface area (TPSA) is 55.2 Å². The summed E-state index contributed by atoms with van der Waals surface area (Å²) in [6.07, 6.45) is 0. The van der Waals surface area contributed by atoms with E-state index in [1.807, 2.05) is 0 Å². The van der Waals surface area contributed by atoms with Gasteiger partial charge in [0, 0.05) is 12.6 Å². The minimum atomic E-state index is -0.595.